The van der Waals surface area contributed by atoms with E-state index in [1.54, 1.807) is 0 Å². The number of hydrogen-bond donors (Lipinski definition) is 1. The summed E-state index contributed by atoms with van der Waals surface area (Å²) in [4.78, 5) is 0. The highest BCUT2D eigenvalue weighted by atomic mass is 14.9. The van der Waals surface area contributed by atoms with Gasteiger partial charge in [0, 0.05) is 46.1 Å². The third-order valence-corrected chi connectivity index (χ3v) is 8.81. The molecule has 0 spiro atoms. The summed E-state index contributed by atoms with van der Waals surface area (Å²) in [6, 6.07) is 35.0. The first-order chi connectivity index (χ1) is 22.3. The smallest absolute Gasteiger partial charge is 0.0470 e. The predicted octanol–water partition coefficient (Wildman–Crippen LogP) is 12.7. The van der Waals surface area contributed by atoms with E-state index in [1.165, 1.54) is 81.6 Å². The summed E-state index contributed by atoms with van der Waals surface area (Å²) in [5.41, 5.74) is 4.40. The molecule has 1 N–H and O–H groups in total. The summed E-state index contributed by atoms with van der Waals surface area (Å²) >= 11 is 0. The number of benzene rings is 6. The van der Waals surface area contributed by atoms with Crippen LogP contribution in [0.15, 0.2) is 97.1 Å². The molecule has 0 aliphatic heterocycles. The molecule has 0 aromatic heterocycles. The SMILES string of the molecule is CCCCCCC#Cc1c2ccccc2c(C#CCCCCCC)c2cc(Nc3cc4ccccc4c4ccccc34)ccc12. The van der Waals surface area contributed by atoms with Crippen LogP contribution in [0.2, 0.25) is 0 Å². The van der Waals surface area contributed by atoms with Crippen LogP contribution < -0.4 is 5.32 Å². The topological polar surface area (TPSA) is 12.0 Å². The highest BCUT2D eigenvalue weighted by Crippen LogP contribution is 2.37. The predicted molar refractivity (Wildman–Crippen MR) is 197 cm³/mol. The van der Waals surface area contributed by atoms with Crippen molar-refractivity contribution < 1.29 is 0 Å². The van der Waals surface area contributed by atoms with E-state index in [0.29, 0.717) is 0 Å². The summed E-state index contributed by atoms with van der Waals surface area (Å²) in [6.07, 6.45) is 11.7. The molecule has 1 heteroatoms. The fraction of sp³-hybridized carbons (Fsp3) is 0.273. The van der Waals surface area contributed by atoms with Gasteiger partial charge in [0.25, 0.3) is 0 Å². The van der Waals surface area contributed by atoms with Gasteiger partial charge in [0.15, 0.2) is 0 Å². The van der Waals surface area contributed by atoms with Crippen LogP contribution in [-0.4, -0.2) is 0 Å². The van der Waals surface area contributed by atoms with E-state index in [0.717, 1.165) is 48.2 Å². The van der Waals surface area contributed by atoms with E-state index in [2.05, 4.69) is 140 Å². The van der Waals surface area contributed by atoms with E-state index < -0.39 is 0 Å². The van der Waals surface area contributed by atoms with Gasteiger partial charge in [0.2, 0.25) is 0 Å². The molecule has 0 bridgehead atoms. The van der Waals surface area contributed by atoms with Gasteiger partial charge in [-0.3, -0.25) is 0 Å². The van der Waals surface area contributed by atoms with Gasteiger partial charge in [-0.05, 0) is 63.4 Å². The first-order valence-corrected chi connectivity index (χ1v) is 16.9. The highest BCUT2D eigenvalue weighted by molar-refractivity contribution is 6.14. The van der Waals surface area contributed by atoms with Crippen LogP contribution in [0.25, 0.3) is 43.1 Å². The fourth-order valence-corrected chi connectivity index (χ4v) is 6.42. The van der Waals surface area contributed by atoms with Gasteiger partial charge in [0.05, 0.1) is 0 Å². The van der Waals surface area contributed by atoms with E-state index in [1.807, 2.05) is 0 Å². The standard InChI is InChI=1S/C44H43N/c1-3-5-7-9-11-13-23-39-37-26-17-18-27-38(37)40(24-14-12-10-8-6-4-2)43-32-34(29-30-41(39)43)45-44-31-33-21-15-16-22-35(33)36-25-19-20-28-42(36)44/h15-22,25-32,45H,3-12H2,1-2H3. The van der Waals surface area contributed by atoms with Crippen molar-refractivity contribution in [2.24, 2.45) is 0 Å². The minimum Gasteiger partial charge on any atom is -0.355 e. The first kappa shape index (κ1) is 30.3. The van der Waals surface area contributed by atoms with Crippen molar-refractivity contribution in [1.29, 1.82) is 0 Å². The lowest BCUT2D eigenvalue weighted by molar-refractivity contribution is 0.679. The molecule has 0 heterocycles. The van der Waals surface area contributed by atoms with Crippen LogP contribution in [0.1, 0.15) is 89.2 Å². The summed E-state index contributed by atoms with van der Waals surface area (Å²) in [7, 11) is 0. The maximum atomic E-state index is 3.80. The number of fused-ring (bicyclic) bond motifs is 5. The second-order valence-corrected chi connectivity index (χ2v) is 12.1. The number of nitrogens with one attached hydrogen (secondary N) is 1. The summed E-state index contributed by atoms with van der Waals surface area (Å²) in [5.74, 6) is 14.3. The van der Waals surface area contributed by atoms with Crippen molar-refractivity contribution in [3.05, 3.63) is 108 Å². The summed E-state index contributed by atoms with van der Waals surface area (Å²) in [6.45, 7) is 4.51. The molecular weight excluding hydrogens is 542 g/mol. The minimum absolute atomic E-state index is 0.927. The zero-order chi connectivity index (χ0) is 30.8. The molecule has 0 unspecified atom stereocenters. The largest absolute Gasteiger partial charge is 0.355 e. The van der Waals surface area contributed by atoms with Gasteiger partial charge in [0.1, 0.15) is 0 Å². The minimum atomic E-state index is 0.927. The number of rotatable bonds is 10. The Kier molecular flexibility index (Phi) is 10.00. The molecule has 0 aliphatic rings. The Morgan fingerprint density at radius 2 is 1.00 bits per heavy atom. The Morgan fingerprint density at radius 1 is 0.467 bits per heavy atom. The van der Waals surface area contributed by atoms with Crippen LogP contribution in [0.5, 0.6) is 0 Å². The maximum absolute atomic E-state index is 3.80. The van der Waals surface area contributed by atoms with Crippen molar-refractivity contribution in [2.45, 2.75) is 78.1 Å². The van der Waals surface area contributed by atoms with Crippen LogP contribution in [0.4, 0.5) is 11.4 Å². The monoisotopic (exact) mass is 585 g/mol. The van der Waals surface area contributed by atoms with Crippen LogP contribution in [0, 0.1) is 23.7 Å². The summed E-state index contributed by atoms with van der Waals surface area (Å²) in [5, 5.41) is 13.5. The number of hydrogen-bond acceptors (Lipinski definition) is 1. The Hall–Kier alpha value is -4.72. The fourth-order valence-electron chi connectivity index (χ4n) is 6.42. The van der Waals surface area contributed by atoms with Gasteiger partial charge in [-0.25, -0.2) is 0 Å². The molecule has 0 saturated heterocycles. The average Bonchev–Trinajstić information content (AvgIpc) is 3.08. The molecule has 6 rings (SSSR count). The van der Waals surface area contributed by atoms with Gasteiger partial charge < -0.3 is 5.32 Å². The molecule has 1 nitrogen and oxygen atoms in total. The Bertz CT molecular complexity index is 2080. The second kappa shape index (κ2) is 14.8. The molecule has 45 heavy (non-hydrogen) atoms. The van der Waals surface area contributed by atoms with Gasteiger partial charge in [-0.15, -0.1) is 0 Å². The lowest BCUT2D eigenvalue weighted by Gasteiger charge is -2.15. The maximum Gasteiger partial charge on any atom is 0.0470 e. The zero-order valence-corrected chi connectivity index (χ0v) is 26.8. The second-order valence-electron chi connectivity index (χ2n) is 12.1. The van der Waals surface area contributed by atoms with Crippen molar-refractivity contribution in [2.75, 3.05) is 5.32 Å². The van der Waals surface area contributed by atoms with Gasteiger partial charge in [-0.1, -0.05) is 155 Å². The average molecular weight is 586 g/mol. The molecule has 0 atom stereocenters. The van der Waals surface area contributed by atoms with Crippen molar-refractivity contribution in [1.82, 2.24) is 0 Å². The third-order valence-electron chi connectivity index (χ3n) is 8.81. The Morgan fingerprint density at radius 3 is 1.64 bits per heavy atom. The first-order valence-electron chi connectivity index (χ1n) is 16.9. The van der Waals surface area contributed by atoms with Crippen molar-refractivity contribution in [3.63, 3.8) is 0 Å². The van der Waals surface area contributed by atoms with Crippen LogP contribution >= 0.6 is 0 Å². The van der Waals surface area contributed by atoms with Gasteiger partial charge in [-0.2, -0.15) is 0 Å². The zero-order valence-electron chi connectivity index (χ0n) is 26.8. The molecule has 0 radical (unpaired) electrons. The number of anilines is 2. The quantitative estimate of drug-likeness (QED) is 0.0730. The molecule has 0 fully saturated rings. The molecular formula is C44H43N. The van der Waals surface area contributed by atoms with Gasteiger partial charge >= 0.3 is 0 Å². The Labute approximate surface area is 269 Å². The van der Waals surface area contributed by atoms with Crippen molar-refractivity contribution in [3.8, 4) is 23.7 Å². The normalized spacial score (nSPS) is 11.0. The van der Waals surface area contributed by atoms with E-state index in [9.17, 15) is 0 Å². The van der Waals surface area contributed by atoms with Crippen LogP contribution in [-0.2, 0) is 0 Å². The van der Waals surface area contributed by atoms with Crippen LogP contribution in [0.3, 0.4) is 0 Å². The lowest BCUT2D eigenvalue weighted by atomic mass is 9.91. The highest BCUT2D eigenvalue weighted by Gasteiger charge is 2.14. The van der Waals surface area contributed by atoms with Crippen molar-refractivity contribution >= 4 is 54.5 Å². The summed E-state index contributed by atoms with van der Waals surface area (Å²) < 4.78 is 0. The third kappa shape index (κ3) is 6.85. The molecule has 0 aliphatic carbocycles. The molecule has 224 valence electrons. The van der Waals surface area contributed by atoms with E-state index in [4.69, 9.17) is 0 Å². The Balaban J connectivity index is 1.47. The van der Waals surface area contributed by atoms with E-state index >= 15 is 0 Å². The molecule has 6 aromatic rings. The molecule has 0 amide bonds. The molecule has 0 saturated carbocycles. The number of unbranched alkanes of at least 4 members (excludes halogenated alkanes) is 8. The van der Waals surface area contributed by atoms with E-state index in [-0.39, 0.29) is 0 Å². The lowest BCUT2D eigenvalue weighted by Crippen LogP contribution is -1.95. The molecule has 6 aromatic carbocycles.